The minimum atomic E-state index is -0.248. The normalized spacial score (nSPS) is 28.2. The van der Waals surface area contributed by atoms with E-state index in [1.807, 2.05) is 36.4 Å². The van der Waals surface area contributed by atoms with E-state index in [1.165, 1.54) is 6.21 Å². The van der Waals surface area contributed by atoms with Gasteiger partial charge in [0.2, 0.25) is 0 Å². The molecule has 6 nitrogen and oxygen atoms in total. The van der Waals surface area contributed by atoms with Crippen molar-refractivity contribution in [3.05, 3.63) is 70.2 Å². The number of hydrazone groups is 1. The Morgan fingerprint density at radius 1 is 1.09 bits per heavy atom. The van der Waals surface area contributed by atoms with Gasteiger partial charge in [-0.05, 0) is 69.3 Å². The summed E-state index contributed by atoms with van der Waals surface area (Å²) in [5.74, 6) is 0.675. The van der Waals surface area contributed by atoms with Gasteiger partial charge in [-0.25, -0.2) is 0 Å². The molecule has 3 aliphatic carbocycles. The number of carbonyl (C=O) groups is 2. The first kappa shape index (κ1) is 20.7. The van der Waals surface area contributed by atoms with Gasteiger partial charge < -0.3 is 9.47 Å². The molecule has 0 aromatic heterocycles. The van der Waals surface area contributed by atoms with Crippen LogP contribution in [0.25, 0.3) is 0 Å². The topological polar surface area (TPSA) is 68.2 Å². The summed E-state index contributed by atoms with van der Waals surface area (Å²) < 4.78 is 12.2. The number of nitrogens with zero attached hydrogens (tertiary/aromatic N) is 2. The highest BCUT2D eigenvalue weighted by molar-refractivity contribution is 9.10. The number of imide groups is 1. The Hall–Kier alpha value is -2.93. The molecule has 2 bridgehead atoms. The molecule has 1 aliphatic heterocycles. The Kier molecular flexibility index (Phi) is 4.73. The molecule has 4 aliphatic rings. The Balaban J connectivity index is 1.21. The Morgan fingerprint density at radius 3 is 2.36 bits per heavy atom. The van der Waals surface area contributed by atoms with E-state index in [-0.39, 0.29) is 40.9 Å². The van der Waals surface area contributed by atoms with E-state index < -0.39 is 0 Å². The summed E-state index contributed by atoms with van der Waals surface area (Å²) in [6, 6.07) is 13.5. The maximum Gasteiger partial charge on any atom is 0.254 e. The lowest BCUT2D eigenvalue weighted by molar-refractivity contribution is -0.141. The SMILES string of the molecule is COc1cc(/C=N\N2C(=O)[C@@H]3[C@H](C2=O)[C@H]2C=C[C@H]3C23CC3)cc(Br)c1OCc1ccccc1. The van der Waals surface area contributed by atoms with Crippen molar-refractivity contribution in [3.8, 4) is 11.5 Å². The molecule has 1 heterocycles. The third-order valence-corrected chi connectivity index (χ3v) is 8.22. The van der Waals surface area contributed by atoms with Crippen LogP contribution in [-0.2, 0) is 16.2 Å². The van der Waals surface area contributed by atoms with Crippen molar-refractivity contribution in [2.45, 2.75) is 19.4 Å². The molecule has 4 atom stereocenters. The number of allylic oxidation sites excluding steroid dienone is 2. The van der Waals surface area contributed by atoms with Crippen LogP contribution in [0.3, 0.4) is 0 Å². The molecule has 0 unspecified atom stereocenters. The maximum absolute atomic E-state index is 13.1. The lowest BCUT2D eigenvalue weighted by atomic mass is 9.85. The van der Waals surface area contributed by atoms with E-state index in [4.69, 9.17) is 9.47 Å². The van der Waals surface area contributed by atoms with E-state index >= 15 is 0 Å². The number of ether oxygens (including phenoxy) is 2. The fourth-order valence-corrected chi connectivity index (χ4v) is 6.56. The number of halogens is 1. The summed E-state index contributed by atoms with van der Waals surface area (Å²) in [4.78, 5) is 26.2. The smallest absolute Gasteiger partial charge is 0.254 e. The van der Waals surface area contributed by atoms with Crippen molar-refractivity contribution >= 4 is 34.0 Å². The average Bonchev–Trinajstić information content (AvgIpc) is 3.43. The number of carbonyl (C=O) groups excluding carboxylic acids is 2. The van der Waals surface area contributed by atoms with Crippen molar-refractivity contribution < 1.29 is 19.1 Å². The summed E-state index contributed by atoms with van der Waals surface area (Å²) in [6.45, 7) is 0.403. The van der Waals surface area contributed by atoms with Crippen LogP contribution in [0.15, 0.2) is 64.2 Å². The predicted octanol–water partition coefficient (Wildman–Crippen LogP) is 4.57. The molecule has 2 aromatic carbocycles. The second-order valence-electron chi connectivity index (χ2n) is 9.26. The highest BCUT2D eigenvalue weighted by Crippen LogP contribution is 2.73. The molecule has 33 heavy (non-hydrogen) atoms. The highest BCUT2D eigenvalue weighted by Gasteiger charge is 2.73. The third kappa shape index (κ3) is 3.09. The zero-order valence-corrected chi connectivity index (χ0v) is 19.7. The quantitative estimate of drug-likeness (QED) is 0.327. The van der Waals surface area contributed by atoms with Crippen LogP contribution in [-0.4, -0.2) is 30.1 Å². The predicted molar refractivity (Wildman–Crippen MR) is 126 cm³/mol. The summed E-state index contributed by atoms with van der Waals surface area (Å²) in [6.07, 6.45) is 8.10. The number of fused-ring (bicyclic) bond motifs is 3. The summed E-state index contributed by atoms with van der Waals surface area (Å²) in [5, 5.41) is 5.39. The van der Waals surface area contributed by atoms with Gasteiger partial charge in [-0.2, -0.15) is 10.1 Å². The number of benzene rings is 2. The Morgan fingerprint density at radius 2 is 1.76 bits per heavy atom. The monoisotopic (exact) mass is 506 g/mol. The van der Waals surface area contributed by atoms with Crippen molar-refractivity contribution in [1.82, 2.24) is 5.01 Å². The van der Waals surface area contributed by atoms with E-state index in [0.717, 1.165) is 23.4 Å². The first-order valence-corrected chi connectivity index (χ1v) is 12.0. The minimum Gasteiger partial charge on any atom is -0.493 e. The van der Waals surface area contributed by atoms with Crippen LogP contribution in [0.2, 0.25) is 0 Å². The van der Waals surface area contributed by atoms with Crippen LogP contribution in [0.1, 0.15) is 24.0 Å². The molecule has 2 amide bonds. The van der Waals surface area contributed by atoms with Gasteiger partial charge >= 0.3 is 0 Å². The molecule has 6 rings (SSSR count). The van der Waals surface area contributed by atoms with Crippen LogP contribution in [0, 0.1) is 29.1 Å². The summed E-state index contributed by atoms with van der Waals surface area (Å²) >= 11 is 3.55. The van der Waals surface area contributed by atoms with Gasteiger partial charge in [0.05, 0.1) is 29.6 Å². The number of hydrogen-bond acceptors (Lipinski definition) is 5. The largest absolute Gasteiger partial charge is 0.493 e. The first-order chi connectivity index (χ1) is 16.0. The molecular weight excluding hydrogens is 484 g/mol. The van der Waals surface area contributed by atoms with E-state index in [2.05, 4.69) is 33.2 Å². The van der Waals surface area contributed by atoms with Gasteiger partial charge in [0.1, 0.15) is 6.61 Å². The molecule has 168 valence electrons. The molecule has 1 saturated heterocycles. The standard InChI is InChI=1S/C26H23BrN2O4/c1-32-20-12-16(11-19(27)23(20)33-14-15-5-3-2-4-6-15)13-28-29-24(30)21-17-7-8-18(22(21)25(29)31)26(17)9-10-26/h2-8,11-13,17-18,21-22H,9-10,14H2,1H3/b28-13-/t17-,18-,21-,22+/m1/s1. The highest BCUT2D eigenvalue weighted by atomic mass is 79.9. The van der Waals surface area contributed by atoms with Gasteiger partial charge in [-0.15, -0.1) is 0 Å². The second kappa shape index (κ2) is 7.55. The zero-order valence-electron chi connectivity index (χ0n) is 18.1. The van der Waals surface area contributed by atoms with E-state index in [1.54, 1.807) is 13.2 Å². The molecular formula is C26H23BrN2O4. The fraction of sp³-hybridized carbons (Fsp3) is 0.346. The molecule has 7 heteroatoms. The second-order valence-corrected chi connectivity index (χ2v) is 10.1. The molecule has 1 spiro atoms. The van der Waals surface area contributed by atoms with Crippen molar-refractivity contribution in [2.24, 2.45) is 34.2 Å². The number of methoxy groups -OCH3 is 1. The average molecular weight is 507 g/mol. The number of hydrogen-bond donors (Lipinski definition) is 0. The van der Waals surface area contributed by atoms with Crippen molar-refractivity contribution in [2.75, 3.05) is 7.11 Å². The number of amides is 2. The van der Waals surface area contributed by atoms with Crippen LogP contribution in [0.5, 0.6) is 11.5 Å². The molecule has 0 N–H and O–H groups in total. The van der Waals surface area contributed by atoms with E-state index in [0.29, 0.717) is 28.1 Å². The summed E-state index contributed by atoms with van der Waals surface area (Å²) in [5.41, 5.74) is 1.93. The first-order valence-electron chi connectivity index (χ1n) is 11.2. The van der Waals surface area contributed by atoms with Gasteiger partial charge in [0.15, 0.2) is 11.5 Å². The van der Waals surface area contributed by atoms with Gasteiger partial charge in [0.25, 0.3) is 11.8 Å². The van der Waals surface area contributed by atoms with Crippen LogP contribution in [0.4, 0.5) is 0 Å². The lowest BCUT2D eigenvalue weighted by Crippen LogP contribution is -2.30. The molecule has 2 aromatic rings. The maximum atomic E-state index is 13.1. The molecule has 0 radical (unpaired) electrons. The fourth-order valence-electron chi connectivity index (χ4n) is 5.99. The summed E-state index contributed by atoms with van der Waals surface area (Å²) in [7, 11) is 1.57. The van der Waals surface area contributed by atoms with Gasteiger partial charge in [-0.3, -0.25) is 9.59 Å². The third-order valence-electron chi connectivity index (χ3n) is 7.63. The Bertz CT molecular complexity index is 1170. The van der Waals surface area contributed by atoms with E-state index in [9.17, 15) is 9.59 Å². The lowest BCUT2D eigenvalue weighted by Gasteiger charge is -2.18. The van der Waals surface area contributed by atoms with Crippen molar-refractivity contribution in [3.63, 3.8) is 0 Å². The van der Waals surface area contributed by atoms with Crippen LogP contribution >= 0.6 is 15.9 Å². The zero-order chi connectivity index (χ0) is 22.7. The molecule has 3 fully saturated rings. The van der Waals surface area contributed by atoms with Crippen molar-refractivity contribution in [1.29, 1.82) is 0 Å². The van der Waals surface area contributed by atoms with Gasteiger partial charge in [-0.1, -0.05) is 42.5 Å². The Labute approximate surface area is 200 Å². The minimum absolute atomic E-state index is 0.168. The number of rotatable bonds is 6. The van der Waals surface area contributed by atoms with Gasteiger partial charge in [0, 0.05) is 0 Å². The molecule has 2 saturated carbocycles. The van der Waals surface area contributed by atoms with Crippen LogP contribution < -0.4 is 9.47 Å².